The Morgan fingerprint density at radius 2 is 1.95 bits per heavy atom. The molecule has 0 heterocycles. The van der Waals surface area contributed by atoms with E-state index in [9.17, 15) is 9.59 Å². The van der Waals surface area contributed by atoms with Gasteiger partial charge in [0.15, 0.2) is 0 Å². The van der Waals surface area contributed by atoms with Crippen LogP contribution in [0.15, 0.2) is 18.2 Å². The molecule has 0 saturated heterocycles. The topological polar surface area (TPSA) is 67.4 Å². The fourth-order valence-electron chi connectivity index (χ4n) is 1.46. The third-order valence-electron chi connectivity index (χ3n) is 2.38. The molecule has 1 aromatic rings. The monoisotopic (exact) mass is 264 g/mol. The lowest BCUT2D eigenvalue weighted by molar-refractivity contribution is -0.122. The summed E-state index contributed by atoms with van der Waals surface area (Å²) in [5.41, 5.74) is 2.26. The number of nitrogens with one attached hydrogen (secondary N) is 2. The molecule has 0 aliphatic rings. The first-order chi connectivity index (χ1) is 8.88. The van der Waals surface area contributed by atoms with Crippen molar-refractivity contribution in [1.29, 1.82) is 0 Å². The Kier molecular flexibility index (Phi) is 5.51. The predicted octanol–water partition coefficient (Wildman–Crippen LogP) is 2.32. The second-order valence-electron chi connectivity index (χ2n) is 4.62. The Labute approximate surface area is 113 Å². The number of anilines is 2. The van der Waals surface area contributed by atoms with E-state index in [1.54, 1.807) is 12.1 Å². The molecule has 104 valence electrons. The Hall–Kier alpha value is -1.88. The lowest BCUT2D eigenvalue weighted by atomic mass is 10.1. The molecule has 0 unspecified atom stereocenters. The van der Waals surface area contributed by atoms with Crippen LogP contribution in [0.2, 0.25) is 0 Å². The van der Waals surface area contributed by atoms with Crippen molar-refractivity contribution in [3.63, 3.8) is 0 Å². The summed E-state index contributed by atoms with van der Waals surface area (Å²) in [6.07, 6.45) is 0.0127. The molecule has 0 aromatic heterocycles. The number of carbonyl (C=O) groups is 2. The minimum atomic E-state index is -0.216. The molecule has 0 radical (unpaired) electrons. The molecule has 2 amide bonds. The van der Waals surface area contributed by atoms with E-state index in [1.807, 2.05) is 26.8 Å². The van der Waals surface area contributed by atoms with Gasteiger partial charge in [0.1, 0.15) is 6.61 Å². The van der Waals surface area contributed by atoms with Gasteiger partial charge in [0.25, 0.3) is 0 Å². The number of ether oxygens (including phenoxy) is 1. The van der Waals surface area contributed by atoms with Crippen LogP contribution in [0.1, 0.15) is 26.3 Å². The van der Waals surface area contributed by atoms with E-state index in [4.69, 9.17) is 4.74 Å². The average Bonchev–Trinajstić information content (AvgIpc) is 2.30. The van der Waals surface area contributed by atoms with E-state index in [2.05, 4.69) is 10.6 Å². The summed E-state index contributed by atoms with van der Waals surface area (Å²) in [6, 6.07) is 5.35. The number of hydrogen-bond acceptors (Lipinski definition) is 3. The van der Waals surface area contributed by atoms with Crippen molar-refractivity contribution >= 4 is 23.2 Å². The molecule has 2 N–H and O–H groups in total. The molecule has 0 aliphatic heterocycles. The first kappa shape index (κ1) is 15.2. The maximum absolute atomic E-state index is 11.6. The highest BCUT2D eigenvalue weighted by Gasteiger charge is 2.06. The highest BCUT2D eigenvalue weighted by atomic mass is 16.5. The van der Waals surface area contributed by atoms with Crippen LogP contribution >= 0.6 is 0 Å². The van der Waals surface area contributed by atoms with E-state index < -0.39 is 0 Å². The number of hydrogen-bond donors (Lipinski definition) is 2. The Morgan fingerprint density at radius 1 is 1.26 bits per heavy atom. The van der Waals surface area contributed by atoms with Crippen molar-refractivity contribution in [2.24, 2.45) is 0 Å². The highest BCUT2D eigenvalue weighted by Crippen LogP contribution is 2.20. The SMILES string of the molecule is CC(=O)Nc1cc(NC(=O)COC(C)C)ccc1C. The lowest BCUT2D eigenvalue weighted by Crippen LogP contribution is -2.20. The first-order valence-electron chi connectivity index (χ1n) is 6.18. The van der Waals surface area contributed by atoms with Crippen LogP contribution in [0, 0.1) is 6.92 Å². The minimum absolute atomic E-state index is 0.0127. The van der Waals surface area contributed by atoms with Gasteiger partial charge >= 0.3 is 0 Å². The van der Waals surface area contributed by atoms with Gasteiger partial charge in [-0.2, -0.15) is 0 Å². The number of rotatable bonds is 5. The smallest absolute Gasteiger partial charge is 0.250 e. The molecule has 0 aliphatic carbocycles. The van der Waals surface area contributed by atoms with Gasteiger partial charge in [0, 0.05) is 18.3 Å². The van der Waals surface area contributed by atoms with E-state index in [0.717, 1.165) is 5.56 Å². The number of benzene rings is 1. The zero-order chi connectivity index (χ0) is 14.4. The zero-order valence-corrected chi connectivity index (χ0v) is 11.7. The molecule has 0 fully saturated rings. The second-order valence-corrected chi connectivity index (χ2v) is 4.62. The maximum Gasteiger partial charge on any atom is 0.250 e. The summed E-state index contributed by atoms with van der Waals surface area (Å²) in [6.45, 7) is 7.09. The predicted molar refractivity (Wildman–Crippen MR) is 75.2 cm³/mol. The second kappa shape index (κ2) is 6.89. The molecule has 1 aromatic carbocycles. The fraction of sp³-hybridized carbons (Fsp3) is 0.429. The summed E-state index contributed by atoms with van der Waals surface area (Å²) in [5, 5.41) is 5.44. The number of amides is 2. The quantitative estimate of drug-likeness (QED) is 0.857. The lowest BCUT2D eigenvalue weighted by Gasteiger charge is -2.11. The number of carbonyl (C=O) groups excluding carboxylic acids is 2. The maximum atomic E-state index is 11.6. The fourth-order valence-corrected chi connectivity index (χ4v) is 1.46. The van der Waals surface area contributed by atoms with Crippen LogP contribution in [-0.2, 0) is 14.3 Å². The van der Waals surface area contributed by atoms with Gasteiger partial charge in [0.05, 0.1) is 6.10 Å². The molecule has 5 heteroatoms. The van der Waals surface area contributed by atoms with Crippen LogP contribution in [0.25, 0.3) is 0 Å². The molecule has 19 heavy (non-hydrogen) atoms. The largest absolute Gasteiger partial charge is 0.369 e. The zero-order valence-electron chi connectivity index (χ0n) is 11.7. The van der Waals surface area contributed by atoms with Crippen molar-refractivity contribution in [3.8, 4) is 0 Å². The summed E-state index contributed by atoms with van der Waals surface area (Å²) in [7, 11) is 0. The molecule has 1 rings (SSSR count). The van der Waals surface area contributed by atoms with E-state index in [-0.39, 0.29) is 24.5 Å². The van der Waals surface area contributed by atoms with Gasteiger partial charge in [-0.05, 0) is 38.5 Å². The van der Waals surface area contributed by atoms with Crippen LogP contribution in [-0.4, -0.2) is 24.5 Å². The van der Waals surface area contributed by atoms with Crippen molar-refractivity contribution in [3.05, 3.63) is 23.8 Å². The van der Waals surface area contributed by atoms with Gasteiger partial charge in [-0.1, -0.05) is 6.07 Å². The Balaban J connectivity index is 2.68. The third kappa shape index (κ3) is 5.52. The molecule has 0 atom stereocenters. The van der Waals surface area contributed by atoms with Gasteiger partial charge in [-0.3, -0.25) is 9.59 Å². The van der Waals surface area contributed by atoms with Crippen molar-refractivity contribution in [2.45, 2.75) is 33.8 Å². The van der Waals surface area contributed by atoms with Crippen LogP contribution < -0.4 is 10.6 Å². The minimum Gasteiger partial charge on any atom is -0.369 e. The Morgan fingerprint density at radius 3 is 2.53 bits per heavy atom. The van der Waals surface area contributed by atoms with Crippen molar-refractivity contribution in [1.82, 2.24) is 0 Å². The Bertz CT molecular complexity index is 470. The summed E-state index contributed by atoms with van der Waals surface area (Å²) < 4.78 is 5.21. The van der Waals surface area contributed by atoms with Gasteiger partial charge in [-0.25, -0.2) is 0 Å². The van der Waals surface area contributed by atoms with E-state index in [0.29, 0.717) is 11.4 Å². The van der Waals surface area contributed by atoms with Gasteiger partial charge in [-0.15, -0.1) is 0 Å². The molecule has 5 nitrogen and oxygen atoms in total. The molecule has 0 saturated carbocycles. The molecule has 0 spiro atoms. The normalized spacial score (nSPS) is 10.4. The molecular formula is C14H20N2O3. The highest BCUT2D eigenvalue weighted by molar-refractivity contribution is 5.94. The van der Waals surface area contributed by atoms with Gasteiger partial charge in [0.2, 0.25) is 11.8 Å². The average molecular weight is 264 g/mol. The molecular weight excluding hydrogens is 244 g/mol. The van der Waals surface area contributed by atoms with Crippen LogP contribution in [0.4, 0.5) is 11.4 Å². The third-order valence-corrected chi connectivity index (χ3v) is 2.38. The summed E-state index contributed by atoms with van der Waals surface area (Å²) >= 11 is 0. The van der Waals surface area contributed by atoms with Crippen molar-refractivity contribution in [2.75, 3.05) is 17.2 Å². The van der Waals surface area contributed by atoms with E-state index in [1.165, 1.54) is 6.92 Å². The first-order valence-corrected chi connectivity index (χ1v) is 6.18. The van der Waals surface area contributed by atoms with Gasteiger partial charge < -0.3 is 15.4 Å². The standard InChI is InChI=1S/C14H20N2O3/c1-9(2)19-8-14(18)16-12-6-5-10(3)13(7-12)15-11(4)17/h5-7,9H,8H2,1-4H3,(H,15,17)(H,16,18). The summed E-state index contributed by atoms with van der Waals surface area (Å²) in [4.78, 5) is 22.7. The van der Waals surface area contributed by atoms with Crippen LogP contribution in [0.3, 0.4) is 0 Å². The number of aryl methyl sites for hydroxylation is 1. The van der Waals surface area contributed by atoms with E-state index >= 15 is 0 Å². The summed E-state index contributed by atoms with van der Waals surface area (Å²) in [5.74, 6) is -0.360. The van der Waals surface area contributed by atoms with Crippen LogP contribution in [0.5, 0.6) is 0 Å². The molecule has 0 bridgehead atoms. The van der Waals surface area contributed by atoms with Crippen molar-refractivity contribution < 1.29 is 14.3 Å².